The molecule has 0 bridgehead atoms. The number of aliphatic carboxylic acids is 1. The maximum atomic E-state index is 12.7. The predicted molar refractivity (Wildman–Crippen MR) is 124 cm³/mol. The zero-order valence-electron chi connectivity index (χ0n) is 18.8. The monoisotopic (exact) mass is 476 g/mol. The Balaban J connectivity index is 1.19. The van der Waals surface area contributed by atoms with Gasteiger partial charge in [-0.05, 0) is 58.3 Å². The number of carbonyl (C=O) groups is 3. The molecule has 3 aromatic rings. The van der Waals surface area contributed by atoms with Crippen molar-refractivity contribution in [3.8, 4) is 11.1 Å². The molecular weight excluding hydrogens is 452 g/mol. The highest BCUT2D eigenvalue weighted by Gasteiger charge is 2.31. The fourth-order valence-corrected chi connectivity index (χ4v) is 4.89. The molecule has 0 spiro atoms. The van der Waals surface area contributed by atoms with Crippen LogP contribution in [0.15, 0.2) is 53.2 Å². The number of nitrogens with one attached hydrogen (secondary N) is 2. The molecule has 2 amide bonds. The van der Waals surface area contributed by atoms with Crippen LogP contribution in [0, 0.1) is 5.92 Å². The molecule has 2 aliphatic rings. The van der Waals surface area contributed by atoms with Gasteiger partial charge >= 0.3 is 12.1 Å². The van der Waals surface area contributed by atoms with E-state index in [1.165, 1.54) is 0 Å². The first kappa shape index (κ1) is 22.6. The van der Waals surface area contributed by atoms with Gasteiger partial charge in [-0.3, -0.25) is 14.9 Å². The normalized spacial score (nSPS) is 18.9. The second kappa shape index (κ2) is 9.57. The molecule has 1 fully saturated rings. The Kier molecular flexibility index (Phi) is 6.17. The molecule has 35 heavy (non-hydrogen) atoms. The van der Waals surface area contributed by atoms with Crippen LogP contribution in [0.1, 0.15) is 53.2 Å². The number of fused-ring (bicyclic) bond motifs is 3. The van der Waals surface area contributed by atoms with Crippen molar-refractivity contribution in [3.63, 3.8) is 0 Å². The molecule has 3 N–H and O–H groups in total. The minimum atomic E-state index is -0.815. The van der Waals surface area contributed by atoms with Gasteiger partial charge in [0.1, 0.15) is 6.61 Å². The van der Waals surface area contributed by atoms with Crippen LogP contribution in [0.25, 0.3) is 11.1 Å². The van der Waals surface area contributed by atoms with Crippen molar-refractivity contribution < 1.29 is 28.9 Å². The van der Waals surface area contributed by atoms with Crippen LogP contribution in [0.5, 0.6) is 0 Å². The molecule has 0 radical (unpaired) electrons. The maximum Gasteiger partial charge on any atom is 0.412 e. The number of nitrogens with zero attached hydrogens (tertiary/aromatic N) is 2. The smallest absolute Gasteiger partial charge is 0.412 e. The highest BCUT2D eigenvalue weighted by atomic mass is 16.6. The lowest BCUT2D eigenvalue weighted by Crippen LogP contribution is -2.39. The average molecular weight is 476 g/mol. The number of hydrogen-bond acceptors (Lipinski definition) is 7. The highest BCUT2D eigenvalue weighted by Crippen LogP contribution is 2.44. The zero-order chi connectivity index (χ0) is 24.4. The fourth-order valence-electron chi connectivity index (χ4n) is 4.89. The van der Waals surface area contributed by atoms with Crippen LogP contribution in [-0.2, 0) is 9.53 Å². The number of ether oxygens (including phenoxy) is 1. The van der Waals surface area contributed by atoms with Crippen LogP contribution >= 0.6 is 0 Å². The average Bonchev–Trinajstić information content (AvgIpc) is 3.45. The largest absolute Gasteiger partial charge is 0.481 e. The van der Waals surface area contributed by atoms with Crippen molar-refractivity contribution in [2.24, 2.45) is 5.92 Å². The summed E-state index contributed by atoms with van der Waals surface area (Å²) in [5, 5.41) is 21.6. The Labute approximate surface area is 200 Å². The van der Waals surface area contributed by atoms with Crippen LogP contribution in [0.2, 0.25) is 0 Å². The van der Waals surface area contributed by atoms with Gasteiger partial charge in [-0.15, -0.1) is 0 Å². The number of aromatic nitrogens is 2. The number of rotatable bonds is 6. The van der Waals surface area contributed by atoms with Gasteiger partial charge in [0, 0.05) is 12.0 Å². The quantitative estimate of drug-likeness (QED) is 0.487. The summed E-state index contributed by atoms with van der Waals surface area (Å²) in [6.07, 6.45) is 1.29. The summed E-state index contributed by atoms with van der Waals surface area (Å²) in [5.41, 5.74) is 4.24. The summed E-state index contributed by atoms with van der Waals surface area (Å²) in [7, 11) is 0. The number of carbonyl (C=O) groups excluding carboxylic acids is 2. The zero-order valence-corrected chi connectivity index (χ0v) is 18.8. The summed E-state index contributed by atoms with van der Waals surface area (Å²) < 4.78 is 10.2. The third-order valence-corrected chi connectivity index (χ3v) is 6.68. The molecule has 0 atom stereocenters. The third kappa shape index (κ3) is 4.59. The van der Waals surface area contributed by atoms with Crippen molar-refractivity contribution in [1.82, 2.24) is 15.6 Å². The molecule has 1 aromatic heterocycles. The molecule has 0 saturated heterocycles. The minimum absolute atomic E-state index is 0.104. The molecule has 0 aliphatic heterocycles. The third-order valence-electron chi connectivity index (χ3n) is 6.68. The number of amides is 2. The summed E-state index contributed by atoms with van der Waals surface area (Å²) in [5.74, 6) is -2.00. The first-order valence-electron chi connectivity index (χ1n) is 11.5. The molecule has 2 aliphatic carbocycles. The van der Waals surface area contributed by atoms with E-state index in [2.05, 4.69) is 25.6 Å². The van der Waals surface area contributed by atoms with Gasteiger partial charge in [-0.25, -0.2) is 9.42 Å². The minimum Gasteiger partial charge on any atom is -0.481 e. The molecule has 10 heteroatoms. The summed E-state index contributed by atoms with van der Waals surface area (Å²) in [6, 6.07) is 15.8. The number of carboxylic acids is 1. The molecule has 1 saturated carbocycles. The van der Waals surface area contributed by atoms with Gasteiger partial charge in [0.15, 0.2) is 0 Å². The Morgan fingerprint density at radius 1 is 0.943 bits per heavy atom. The van der Waals surface area contributed by atoms with E-state index in [0.29, 0.717) is 25.7 Å². The summed E-state index contributed by atoms with van der Waals surface area (Å²) in [4.78, 5) is 36.3. The molecule has 10 nitrogen and oxygen atoms in total. The van der Waals surface area contributed by atoms with E-state index in [4.69, 9.17) is 9.84 Å². The van der Waals surface area contributed by atoms with Gasteiger partial charge in [-0.2, -0.15) is 0 Å². The molecular formula is C25H24N4O6. The highest BCUT2D eigenvalue weighted by molar-refractivity contribution is 5.99. The molecule has 5 rings (SSSR count). The van der Waals surface area contributed by atoms with Crippen molar-refractivity contribution >= 4 is 23.8 Å². The molecule has 2 aromatic carbocycles. The number of carboxylic acid groups (broad SMARTS) is 1. The van der Waals surface area contributed by atoms with Gasteiger partial charge < -0.3 is 15.2 Å². The van der Waals surface area contributed by atoms with Gasteiger partial charge in [0.25, 0.3) is 5.91 Å². The topological polar surface area (TPSA) is 144 Å². The lowest BCUT2D eigenvalue weighted by atomic mass is 9.86. The van der Waals surface area contributed by atoms with Crippen LogP contribution < -0.4 is 10.6 Å². The fraction of sp³-hybridized carbons (Fsp3) is 0.320. The van der Waals surface area contributed by atoms with Crippen molar-refractivity contribution in [2.75, 3.05) is 11.9 Å². The maximum absolute atomic E-state index is 12.7. The second-order valence-electron chi connectivity index (χ2n) is 8.77. The second-order valence-corrected chi connectivity index (χ2v) is 8.77. The van der Waals surface area contributed by atoms with E-state index in [9.17, 15) is 14.4 Å². The first-order valence-corrected chi connectivity index (χ1v) is 11.5. The lowest BCUT2D eigenvalue weighted by molar-refractivity contribution is -0.142. The number of benzene rings is 2. The van der Waals surface area contributed by atoms with Gasteiger partial charge in [0.2, 0.25) is 11.5 Å². The standard InChI is InChI=1S/C25H24N4O6/c30-23(26-15-11-9-14(10-12-15)24(31)32)21-22(29-35-28-21)27-25(33)34-13-20-18-7-3-1-5-16(18)17-6-2-4-8-19(17)20/h1-8,14-15,20H,9-13H2,(H,26,30)(H,31,32)(H,27,29,33). The van der Waals surface area contributed by atoms with E-state index in [0.717, 1.165) is 22.3 Å². The summed E-state index contributed by atoms with van der Waals surface area (Å²) in [6.45, 7) is 0.111. The Bertz CT molecular complexity index is 1220. The van der Waals surface area contributed by atoms with Crippen LogP contribution in [0.3, 0.4) is 0 Å². The first-order chi connectivity index (χ1) is 17.0. The van der Waals surface area contributed by atoms with E-state index < -0.39 is 18.0 Å². The Morgan fingerprint density at radius 2 is 1.57 bits per heavy atom. The van der Waals surface area contributed by atoms with Gasteiger partial charge in [-0.1, -0.05) is 48.5 Å². The predicted octanol–water partition coefficient (Wildman–Crippen LogP) is 3.80. The number of hydrogen-bond donors (Lipinski definition) is 3. The van der Waals surface area contributed by atoms with E-state index in [-0.39, 0.29) is 36.0 Å². The van der Waals surface area contributed by atoms with Crippen molar-refractivity contribution in [1.29, 1.82) is 0 Å². The summed E-state index contributed by atoms with van der Waals surface area (Å²) >= 11 is 0. The Morgan fingerprint density at radius 3 is 2.20 bits per heavy atom. The van der Waals surface area contributed by atoms with E-state index in [1.807, 2.05) is 48.5 Å². The van der Waals surface area contributed by atoms with E-state index in [1.54, 1.807) is 0 Å². The van der Waals surface area contributed by atoms with Crippen molar-refractivity contribution in [2.45, 2.75) is 37.6 Å². The van der Waals surface area contributed by atoms with Crippen LogP contribution in [-0.4, -0.2) is 46.0 Å². The SMILES string of the molecule is O=C(Nc1nonc1C(=O)NC1CCC(C(=O)O)CC1)OCC1c2ccccc2-c2ccccc21. The van der Waals surface area contributed by atoms with E-state index >= 15 is 0 Å². The molecule has 180 valence electrons. The molecule has 1 heterocycles. The number of anilines is 1. The molecule has 0 unspecified atom stereocenters. The van der Waals surface area contributed by atoms with Crippen molar-refractivity contribution in [3.05, 3.63) is 65.4 Å². The van der Waals surface area contributed by atoms with Crippen LogP contribution in [0.4, 0.5) is 10.6 Å². The van der Waals surface area contributed by atoms with Gasteiger partial charge in [0.05, 0.1) is 5.92 Å². The lowest BCUT2D eigenvalue weighted by Gasteiger charge is -2.26. The Hall–Kier alpha value is -4.21.